The van der Waals surface area contributed by atoms with E-state index in [-0.39, 0.29) is 11.3 Å². The van der Waals surface area contributed by atoms with Crippen molar-refractivity contribution >= 4 is 23.4 Å². The second-order valence-electron chi connectivity index (χ2n) is 3.95. The van der Waals surface area contributed by atoms with Crippen LogP contribution >= 0.6 is 11.8 Å². The number of aromatic nitrogens is 1. The van der Waals surface area contributed by atoms with Crippen molar-refractivity contribution < 1.29 is 9.90 Å². The van der Waals surface area contributed by atoms with E-state index in [0.717, 1.165) is 12.2 Å². The summed E-state index contributed by atoms with van der Waals surface area (Å²) < 4.78 is 0. The largest absolute Gasteiger partial charge is 0.478 e. The Morgan fingerprint density at radius 1 is 1.62 bits per heavy atom. The van der Waals surface area contributed by atoms with E-state index >= 15 is 0 Å². The third-order valence-corrected chi connectivity index (χ3v) is 3.04. The maximum Gasteiger partial charge on any atom is 0.337 e. The summed E-state index contributed by atoms with van der Waals surface area (Å²) in [4.78, 5) is 14.9. The highest BCUT2D eigenvalue weighted by molar-refractivity contribution is 7.99. The average molecular weight is 240 g/mol. The van der Waals surface area contributed by atoms with Crippen LogP contribution in [0, 0.1) is 5.92 Å². The van der Waals surface area contributed by atoms with Gasteiger partial charge in [-0.1, -0.05) is 13.8 Å². The van der Waals surface area contributed by atoms with Crippen molar-refractivity contribution in [3.63, 3.8) is 0 Å². The molecule has 0 aliphatic rings. The molecule has 0 atom stereocenters. The SMILES string of the molecule is CC(C)CCSc1cc(C(=O)O)c(N)cn1. The van der Waals surface area contributed by atoms with Crippen molar-refractivity contribution in [3.05, 3.63) is 17.8 Å². The molecule has 3 N–H and O–H groups in total. The maximum absolute atomic E-state index is 10.8. The minimum absolute atomic E-state index is 0.127. The van der Waals surface area contributed by atoms with Crippen LogP contribution in [0.2, 0.25) is 0 Å². The monoisotopic (exact) mass is 240 g/mol. The zero-order chi connectivity index (χ0) is 12.1. The molecule has 0 aliphatic carbocycles. The van der Waals surface area contributed by atoms with Gasteiger partial charge in [0.1, 0.15) is 0 Å². The predicted molar refractivity (Wildman–Crippen MR) is 65.8 cm³/mol. The Hall–Kier alpha value is -1.23. The molecule has 1 heterocycles. The van der Waals surface area contributed by atoms with Gasteiger partial charge in [0.2, 0.25) is 0 Å². The molecule has 5 heteroatoms. The molecular formula is C11H16N2O2S. The Morgan fingerprint density at radius 2 is 2.31 bits per heavy atom. The number of rotatable bonds is 5. The number of hydrogen-bond acceptors (Lipinski definition) is 4. The topological polar surface area (TPSA) is 76.2 Å². The van der Waals surface area contributed by atoms with Crippen LogP contribution in [0.25, 0.3) is 0 Å². The number of carboxylic acid groups (broad SMARTS) is 1. The summed E-state index contributed by atoms with van der Waals surface area (Å²) in [6.07, 6.45) is 2.49. The van der Waals surface area contributed by atoms with Gasteiger partial charge in [-0.3, -0.25) is 0 Å². The van der Waals surface area contributed by atoms with Gasteiger partial charge in [-0.15, -0.1) is 11.8 Å². The molecule has 0 unspecified atom stereocenters. The van der Waals surface area contributed by atoms with Gasteiger partial charge in [-0.05, 0) is 24.2 Å². The van der Waals surface area contributed by atoms with Gasteiger partial charge in [0, 0.05) is 0 Å². The average Bonchev–Trinajstić information content (AvgIpc) is 2.19. The second-order valence-corrected chi connectivity index (χ2v) is 5.06. The van der Waals surface area contributed by atoms with Crippen LogP contribution in [-0.2, 0) is 0 Å². The smallest absolute Gasteiger partial charge is 0.337 e. The third kappa shape index (κ3) is 3.73. The summed E-state index contributed by atoms with van der Waals surface area (Å²) in [5.74, 6) is 0.569. The molecule has 1 aromatic heterocycles. The lowest BCUT2D eigenvalue weighted by molar-refractivity contribution is 0.0697. The van der Waals surface area contributed by atoms with Crippen LogP contribution in [-0.4, -0.2) is 21.8 Å². The lowest BCUT2D eigenvalue weighted by Crippen LogP contribution is -2.03. The number of thioether (sulfide) groups is 1. The van der Waals surface area contributed by atoms with Crippen LogP contribution in [0.4, 0.5) is 5.69 Å². The molecule has 16 heavy (non-hydrogen) atoms. The number of nitrogens with two attached hydrogens (primary N) is 1. The van der Waals surface area contributed by atoms with Crippen molar-refractivity contribution in [3.8, 4) is 0 Å². The minimum atomic E-state index is -1.01. The van der Waals surface area contributed by atoms with E-state index in [9.17, 15) is 4.79 Å². The van der Waals surface area contributed by atoms with Crippen LogP contribution in [0.15, 0.2) is 17.3 Å². The van der Waals surface area contributed by atoms with Crippen LogP contribution in [0.3, 0.4) is 0 Å². The van der Waals surface area contributed by atoms with E-state index in [1.807, 2.05) is 0 Å². The Morgan fingerprint density at radius 3 is 2.88 bits per heavy atom. The van der Waals surface area contributed by atoms with Crippen molar-refractivity contribution in [1.82, 2.24) is 4.98 Å². The molecule has 1 rings (SSSR count). The van der Waals surface area contributed by atoms with Gasteiger partial charge >= 0.3 is 5.97 Å². The molecule has 1 aromatic rings. The lowest BCUT2D eigenvalue weighted by Gasteiger charge is -2.05. The molecule has 0 aliphatic heterocycles. The minimum Gasteiger partial charge on any atom is -0.478 e. The summed E-state index contributed by atoms with van der Waals surface area (Å²) in [5.41, 5.74) is 5.85. The third-order valence-electron chi connectivity index (χ3n) is 2.09. The molecule has 0 radical (unpaired) electrons. The van der Waals surface area contributed by atoms with Crippen molar-refractivity contribution in [1.29, 1.82) is 0 Å². The Bertz CT molecular complexity index is 380. The molecule has 0 fully saturated rings. The number of anilines is 1. The Labute approximate surface area is 99.3 Å². The number of carboxylic acids is 1. The fourth-order valence-electron chi connectivity index (χ4n) is 1.11. The fraction of sp³-hybridized carbons (Fsp3) is 0.455. The van der Waals surface area contributed by atoms with Gasteiger partial charge in [-0.25, -0.2) is 9.78 Å². The van der Waals surface area contributed by atoms with E-state index in [0.29, 0.717) is 10.9 Å². The zero-order valence-corrected chi connectivity index (χ0v) is 10.3. The van der Waals surface area contributed by atoms with Gasteiger partial charge in [-0.2, -0.15) is 0 Å². The first-order valence-corrected chi connectivity index (χ1v) is 6.11. The number of hydrogen-bond donors (Lipinski definition) is 2. The van der Waals surface area contributed by atoms with Crippen LogP contribution in [0.5, 0.6) is 0 Å². The maximum atomic E-state index is 10.8. The standard InChI is InChI=1S/C11H16N2O2S/c1-7(2)3-4-16-10-5-8(11(14)15)9(12)6-13-10/h5-7H,3-4,12H2,1-2H3,(H,14,15). The van der Waals surface area contributed by atoms with E-state index in [4.69, 9.17) is 10.8 Å². The molecule has 88 valence electrons. The molecule has 0 saturated heterocycles. The normalized spacial score (nSPS) is 10.7. The number of pyridine rings is 1. The zero-order valence-electron chi connectivity index (χ0n) is 9.43. The quantitative estimate of drug-likeness (QED) is 0.773. The highest BCUT2D eigenvalue weighted by atomic mass is 32.2. The lowest BCUT2D eigenvalue weighted by atomic mass is 10.2. The van der Waals surface area contributed by atoms with Gasteiger partial charge < -0.3 is 10.8 Å². The molecule has 0 bridgehead atoms. The summed E-state index contributed by atoms with van der Waals surface area (Å²) >= 11 is 1.56. The molecule has 0 aromatic carbocycles. The number of carbonyl (C=O) groups is 1. The highest BCUT2D eigenvalue weighted by Crippen LogP contribution is 2.21. The predicted octanol–water partition coefficient (Wildman–Crippen LogP) is 2.50. The van der Waals surface area contributed by atoms with Crippen molar-refractivity contribution in [2.24, 2.45) is 5.92 Å². The Kier molecular flexibility index (Phi) is 4.61. The molecular weight excluding hydrogens is 224 g/mol. The van der Waals surface area contributed by atoms with Crippen molar-refractivity contribution in [2.45, 2.75) is 25.3 Å². The first kappa shape index (κ1) is 12.8. The fourth-order valence-corrected chi connectivity index (χ4v) is 2.24. The van der Waals surface area contributed by atoms with Crippen LogP contribution < -0.4 is 5.73 Å². The van der Waals surface area contributed by atoms with E-state index < -0.39 is 5.97 Å². The first-order valence-electron chi connectivity index (χ1n) is 5.12. The van der Waals surface area contributed by atoms with E-state index in [1.54, 1.807) is 11.8 Å². The first-order chi connectivity index (χ1) is 7.50. The van der Waals surface area contributed by atoms with E-state index in [2.05, 4.69) is 18.8 Å². The summed E-state index contributed by atoms with van der Waals surface area (Å²) in [5, 5.41) is 9.60. The summed E-state index contributed by atoms with van der Waals surface area (Å²) in [6.45, 7) is 4.30. The molecule has 0 spiro atoms. The second kappa shape index (κ2) is 5.75. The van der Waals surface area contributed by atoms with Crippen LogP contribution in [0.1, 0.15) is 30.6 Å². The van der Waals surface area contributed by atoms with Gasteiger partial charge in [0.25, 0.3) is 0 Å². The Balaban J connectivity index is 2.68. The summed E-state index contributed by atoms with van der Waals surface area (Å²) in [7, 11) is 0. The van der Waals surface area contributed by atoms with E-state index in [1.165, 1.54) is 12.3 Å². The summed E-state index contributed by atoms with van der Waals surface area (Å²) in [6, 6.07) is 1.53. The molecule has 4 nitrogen and oxygen atoms in total. The number of nitrogens with zero attached hydrogens (tertiary/aromatic N) is 1. The highest BCUT2D eigenvalue weighted by Gasteiger charge is 2.09. The van der Waals surface area contributed by atoms with Crippen molar-refractivity contribution in [2.75, 3.05) is 11.5 Å². The van der Waals surface area contributed by atoms with Gasteiger partial charge in [0.05, 0.1) is 22.5 Å². The molecule has 0 amide bonds. The number of nitrogen functional groups attached to an aromatic ring is 1. The van der Waals surface area contributed by atoms with Gasteiger partial charge in [0.15, 0.2) is 0 Å². The number of aromatic carboxylic acids is 1. The molecule has 0 saturated carbocycles.